The molecular weight excluding hydrogens is 362 g/mol. The Balaban J connectivity index is 1.97. The summed E-state index contributed by atoms with van der Waals surface area (Å²) in [5.74, 6) is -1.59. The minimum atomic E-state index is -0.855. The van der Waals surface area contributed by atoms with E-state index in [1.165, 1.54) is 14.2 Å². The van der Waals surface area contributed by atoms with Crippen LogP contribution in [-0.4, -0.2) is 75.4 Å². The van der Waals surface area contributed by atoms with Gasteiger partial charge < -0.3 is 19.1 Å². The van der Waals surface area contributed by atoms with Gasteiger partial charge in [-0.3, -0.25) is 4.90 Å². The van der Waals surface area contributed by atoms with Crippen molar-refractivity contribution in [3.63, 3.8) is 0 Å². The minimum Gasteiger partial charge on any atom is -0.465 e. The van der Waals surface area contributed by atoms with Crippen LogP contribution in [-0.2, 0) is 29.3 Å². The van der Waals surface area contributed by atoms with E-state index in [2.05, 4.69) is 21.8 Å². The lowest BCUT2D eigenvalue weighted by atomic mass is 9.79. The highest BCUT2D eigenvalue weighted by Gasteiger charge is 2.51. The first kappa shape index (κ1) is 19.9. The third kappa shape index (κ3) is 3.46. The standard InChI is InChI=1S/C20H23N3O5/c1-26-18(24)16(12-21)17(19(25)27-2)22-13-20(14-22,15-6-4-3-5-7-15)23-8-10-28-11-9-23/h3-7H,8-11,13-14H2,1-2H3/b17-16+. The predicted octanol–water partition coefficient (Wildman–Crippen LogP) is 0.653. The Morgan fingerprint density at radius 2 is 1.68 bits per heavy atom. The number of hydrogen-bond acceptors (Lipinski definition) is 8. The molecule has 0 aliphatic carbocycles. The second kappa shape index (κ2) is 8.42. The van der Waals surface area contributed by atoms with Gasteiger partial charge in [-0.25, -0.2) is 9.59 Å². The first-order valence-electron chi connectivity index (χ1n) is 9.01. The summed E-state index contributed by atoms with van der Waals surface area (Å²) in [6.45, 7) is 3.71. The van der Waals surface area contributed by atoms with Gasteiger partial charge in [-0.2, -0.15) is 5.26 Å². The number of nitriles is 1. The Morgan fingerprint density at radius 3 is 2.21 bits per heavy atom. The van der Waals surface area contributed by atoms with Crippen molar-refractivity contribution < 1.29 is 23.8 Å². The van der Waals surface area contributed by atoms with Crippen molar-refractivity contribution >= 4 is 11.9 Å². The second-order valence-electron chi connectivity index (χ2n) is 6.67. The Labute approximate surface area is 163 Å². The Hall–Kier alpha value is -2.89. The number of methoxy groups -OCH3 is 2. The molecule has 8 heteroatoms. The first-order chi connectivity index (χ1) is 13.6. The number of esters is 2. The van der Waals surface area contributed by atoms with Crippen molar-refractivity contribution in [1.29, 1.82) is 5.26 Å². The molecule has 2 aliphatic heterocycles. The predicted molar refractivity (Wildman–Crippen MR) is 98.8 cm³/mol. The van der Waals surface area contributed by atoms with Crippen molar-refractivity contribution in [1.82, 2.24) is 9.80 Å². The highest BCUT2D eigenvalue weighted by atomic mass is 16.5. The molecule has 0 saturated carbocycles. The summed E-state index contributed by atoms with van der Waals surface area (Å²) in [6, 6.07) is 11.8. The molecule has 2 fully saturated rings. The van der Waals surface area contributed by atoms with Crippen LogP contribution in [0.1, 0.15) is 5.56 Å². The van der Waals surface area contributed by atoms with Crippen LogP contribution >= 0.6 is 0 Å². The highest BCUT2D eigenvalue weighted by Crippen LogP contribution is 2.41. The summed E-state index contributed by atoms with van der Waals surface area (Å²) in [5.41, 5.74) is 0.379. The molecule has 0 bridgehead atoms. The van der Waals surface area contributed by atoms with E-state index in [0.717, 1.165) is 18.7 Å². The lowest BCUT2D eigenvalue weighted by Crippen LogP contribution is -2.69. The van der Waals surface area contributed by atoms with E-state index in [0.29, 0.717) is 26.3 Å². The third-order valence-corrected chi connectivity index (χ3v) is 5.27. The van der Waals surface area contributed by atoms with E-state index < -0.39 is 11.9 Å². The van der Waals surface area contributed by atoms with Gasteiger partial charge in [0, 0.05) is 26.2 Å². The summed E-state index contributed by atoms with van der Waals surface area (Å²) in [6.07, 6.45) is 0. The highest BCUT2D eigenvalue weighted by molar-refractivity contribution is 6.02. The average molecular weight is 385 g/mol. The van der Waals surface area contributed by atoms with E-state index in [1.54, 1.807) is 11.0 Å². The molecular formula is C20H23N3O5. The van der Waals surface area contributed by atoms with Gasteiger partial charge in [0.15, 0.2) is 5.57 Å². The first-order valence-corrected chi connectivity index (χ1v) is 9.01. The van der Waals surface area contributed by atoms with Crippen LogP contribution in [0.15, 0.2) is 41.6 Å². The number of carbonyl (C=O) groups excluding carboxylic acids is 2. The molecule has 1 aromatic rings. The van der Waals surface area contributed by atoms with Crippen molar-refractivity contribution in [3.05, 3.63) is 47.2 Å². The molecule has 0 N–H and O–H groups in total. The van der Waals surface area contributed by atoms with E-state index in [4.69, 9.17) is 9.47 Å². The molecule has 0 unspecified atom stereocenters. The molecule has 3 rings (SSSR count). The molecule has 2 heterocycles. The van der Waals surface area contributed by atoms with Crippen molar-refractivity contribution in [2.24, 2.45) is 0 Å². The Kier molecular flexibility index (Phi) is 5.97. The maximum Gasteiger partial charge on any atom is 0.356 e. The van der Waals surface area contributed by atoms with Gasteiger partial charge >= 0.3 is 11.9 Å². The van der Waals surface area contributed by atoms with E-state index in [1.807, 2.05) is 18.2 Å². The van der Waals surface area contributed by atoms with Gasteiger partial charge in [0.1, 0.15) is 11.8 Å². The van der Waals surface area contributed by atoms with Crippen LogP contribution < -0.4 is 0 Å². The number of ether oxygens (including phenoxy) is 3. The second-order valence-corrected chi connectivity index (χ2v) is 6.67. The molecule has 2 saturated heterocycles. The Bertz CT molecular complexity index is 803. The molecule has 0 spiro atoms. The zero-order valence-corrected chi connectivity index (χ0v) is 16.0. The number of morpholine rings is 1. The fourth-order valence-electron chi connectivity index (χ4n) is 3.83. The molecule has 8 nitrogen and oxygen atoms in total. The van der Waals surface area contributed by atoms with Crippen LogP contribution in [0.4, 0.5) is 0 Å². The quantitative estimate of drug-likeness (QED) is 0.415. The van der Waals surface area contributed by atoms with Gasteiger partial charge in [0.2, 0.25) is 0 Å². The molecule has 2 aliphatic rings. The van der Waals surface area contributed by atoms with Crippen molar-refractivity contribution in [3.8, 4) is 6.07 Å². The molecule has 1 aromatic carbocycles. The topological polar surface area (TPSA) is 92.1 Å². The molecule has 28 heavy (non-hydrogen) atoms. The van der Waals surface area contributed by atoms with Crippen molar-refractivity contribution in [2.75, 3.05) is 53.6 Å². The van der Waals surface area contributed by atoms with Gasteiger partial charge in [-0.15, -0.1) is 0 Å². The lowest BCUT2D eigenvalue weighted by Gasteiger charge is -2.58. The summed E-state index contributed by atoms with van der Waals surface area (Å²) in [5, 5.41) is 9.44. The number of carbonyl (C=O) groups is 2. The fraction of sp³-hybridized carbons (Fsp3) is 0.450. The van der Waals surface area contributed by atoms with E-state index in [9.17, 15) is 14.9 Å². The van der Waals surface area contributed by atoms with Crippen molar-refractivity contribution in [2.45, 2.75) is 5.54 Å². The molecule has 0 aromatic heterocycles. The van der Waals surface area contributed by atoms with Crippen LogP contribution in [0.25, 0.3) is 0 Å². The normalized spacial score (nSPS) is 19.7. The van der Waals surface area contributed by atoms with Crippen LogP contribution in [0, 0.1) is 11.3 Å². The fourth-order valence-corrected chi connectivity index (χ4v) is 3.83. The van der Waals surface area contributed by atoms with Crippen LogP contribution in [0.2, 0.25) is 0 Å². The maximum atomic E-state index is 12.4. The van der Waals surface area contributed by atoms with Crippen LogP contribution in [0.5, 0.6) is 0 Å². The van der Waals surface area contributed by atoms with Gasteiger partial charge in [-0.1, -0.05) is 30.3 Å². The molecule has 0 radical (unpaired) electrons. The van der Waals surface area contributed by atoms with E-state index >= 15 is 0 Å². The number of hydrogen-bond donors (Lipinski definition) is 0. The summed E-state index contributed by atoms with van der Waals surface area (Å²) in [7, 11) is 2.40. The Morgan fingerprint density at radius 1 is 1.07 bits per heavy atom. The number of nitrogens with zero attached hydrogens (tertiary/aromatic N) is 3. The van der Waals surface area contributed by atoms with Gasteiger partial charge in [0.25, 0.3) is 0 Å². The van der Waals surface area contributed by atoms with E-state index in [-0.39, 0.29) is 16.8 Å². The third-order valence-electron chi connectivity index (χ3n) is 5.27. The minimum absolute atomic E-state index is 0.0586. The zero-order chi connectivity index (χ0) is 20.1. The largest absolute Gasteiger partial charge is 0.465 e. The molecule has 148 valence electrons. The zero-order valence-electron chi connectivity index (χ0n) is 16.0. The van der Waals surface area contributed by atoms with Gasteiger partial charge in [-0.05, 0) is 5.56 Å². The van der Waals surface area contributed by atoms with Gasteiger partial charge in [0.05, 0.1) is 33.0 Å². The number of benzene rings is 1. The van der Waals surface area contributed by atoms with Crippen LogP contribution in [0.3, 0.4) is 0 Å². The monoisotopic (exact) mass is 385 g/mol. The summed E-state index contributed by atoms with van der Waals surface area (Å²) < 4.78 is 15.0. The number of likely N-dealkylation sites (tertiary alicyclic amines) is 1. The summed E-state index contributed by atoms with van der Waals surface area (Å²) in [4.78, 5) is 28.4. The maximum absolute atomic E-state index is 12.4. The SMILES string of the molecule is COC(=O)/C(C#N)=C(\C(=O)OC)N1CC(c2ccccc2)(N2CCOCC2)C1. The summed E-state index contributed by atoms with van der Waals surface area (Å²) >= 11 is 0. The molecule has 0 amide bonds. The molecule has 0 atom stereocenters. The average Bonchev–Trinajstić information content (AvgIpc) is 2.73. The lowest BCUT2D eigenvalue weighted by molar-refractivity contribution is -0.144. The smallest absolute Gasteiger partial charge is 0.356 e. The number of rotatable bonds is 5.